The van der Waals surface area contributed by atoms with Crippen LogP contribution in [0.25, 0.3) is 11.0 Å². The smallest absolute Gasteiger partial charge is 0.356 e. The molecule has 1 heterocycles. The van der Waals surface area contributed by atoms with Gasteiger partial charge in [-0.1, -0.05) is 60.2 Å². The van der Waals surface area contributed by atoms with Gasteiger partial charge in [-0.2, -0.15) is 0 Å². The van der Waals surface area contributed by atoms with Gasteiger partial charge in [-0.3, -0.25) is 5.73 Å². The highest BCUT2D eigenvalue weighted by Gasteiger charge is 2.20. The van der Waals surface area contributed by atoms with Crippen LogP contribution in [0.4, 0.5) is 5.95 Å². The molecule has 2 N–H and O–H groups in total. The molecule has 0 bridgehead atoms. The largest absolute Gasteiger partial charge is 0.490 e. The molecule has 0 fully saturated rings. The monoisotopic (exact) mass is 358 g/mol. The van der Waals surface area contributed by atoms with Gasteiger partial charge in [-0.05, 0) is 36.8 Å². The van der Waals surface area contributed by atoms with E-state index in [0.29, 0.717) is 13.2 Å². The standard InChI is InChI=1S/C23H23N3O/c1-18-11-13-19(14-12-18)17-26-22-10-6-5-9-21(22)25(23(26)24)15-16-27-20-7-3-2-4-8-20/h2-14,24H,15-17H2,1H3/p+1. The normalized spacial score (nSPS) is 11.0. The van der Waals surface area contributed by atoms with E-state index in [1.54, 1.807) is 0 Å². The fraction of sp³-hybridized carbons (Fsp3) is 0.174. The summed E-state index contributed by atoms with van der Waals surface area (Å²) in [6.07, 6.45) is 0. The summed E-state index contributed by atoms with van der Waals surface area (Å²) in [5.41, 5.74) is 11.3. The number of ether oxygens (including phenoxy) is 1. The first-order valence-corrected chi connectivity index (χ1v) is 9.22. The van der Waals surface area contributed by atoms with Gasteiger partial charge in [-0.25, -0.2) is 9.13 Å². The van der Waals surface area contributed by atoms with Crippen LogP contribution in [0.2, 0.25) is 0 Å². The number of aromatic nitrogens is 2. The first-order valence-electron chi connectivity index (χ1n) is 9.22. The summed E-state index contributed by atoms with van der Waals surface area (Å²) >= 11 is 0. The molecule has 0 atom stereocenters. The van der Waals surface area contributed by atoms with Crippen molar-refractivity contribution < 1.29 is 9.30 Å². The lowest BCUT2D eigenvalue weighted by Crippen LogP contribution is -2.37. The number of imidazole rings is 1. The second-order valence-electron chi connectivity index (χ2n) is 6.73. The number of nitrogens with two attached hydrogens (primary N) is 1. The van der Waals surface area contributed by atoms with Crippen molar-refractivity contribution in [1.29, 1.82) is 0 Å². The van der Waals surface area contributed by atoms with Crippen LogP contribution >= 0.6 is 0 Å². The number of nitrogens with zero attached hydrogens (tertiary/aromatic N) is 2. The van der Waals surface area contributed by atoms with Crippen LogP contribution in [0.5, 0.6) is 5.75 Å². The van der Waals surface area contributed by atoms with Crippen molar-refractivity contribution in [2.75, 3.05) is 12.3 Å². The Bertz CT molecular complexity index is 1040. The maximum atomic E-state index is 6.54. The molecule has 4 rings (SSSR count). The Morgan fingerprint density at radius 1 is 0.889 bits per heavy atom. The van der Waals surface area contributed by atoms with Gasteiger partial charge < -0.3 is 4.74 Å². The first kappa shape index (κ1) is 17.2. The zero-order chi connectivity index (χ0) is 18.6. The van der Waals surface area contributed by atoms with Crippen LogP contribution in [-0.2, 0) is 13.1 Å². The molecule has 1 aromatic heterocycles. The zero-order valence-corrected chi connectivity index (χ0v) is 15.5. The number of benzene rings is 3. The van der Waals surface area contributed by atoms with Crippen molar-refractivity contribution in [2.45, 2.75) is 20.0 Å². The van der Waals surface area contributed by atoms with E-state index < -0.39 is 0 Å². The van der Waals surface area contributed by atoms with Crippen molar-refractivity contribution in [1.82, 2.24) is 4.57 Å². The first-order chi connectivity index (χ1) is 13.2. The summed E-state index contributed by atoms with van der Waals surface area (Å²) in [7, 11) is 0. The molecule has 3 aromatic carbocycles. The SMILES string of the molecule is Cc1ccc(C[n+]2c(N)n(CCOc3ccccc3)c3ccccc32)cc1. The van der Waals surface area contributed by atoms with E-state index in [2.05, 4.69) is 58.5 Å². The van der Waals surface area contributed by atoms with Crippen molar-refractivity contribution in [3.63, 3.8) is 0 Å². The molecule has 27 heavy (non-hydrogen) atoms. The summed E-state index contributed by atoms with van der Waals surface area (Å²) in [5.74, 6) is 1.62. The molecular formula is C23H24N3O+. The molecule has 136 valence electrons. The highest BCUT2D eigenvalue weighted by Crippen LogP contribution is 2.17. The Labute approximate surface area is 159 Å². The number of para-hydroxylation sites is 3. The van der Waals surface area contributed by atoms with E-state index >= 15 is 0 Å². The molecule has 0 saturated carbocycles. The minimum atomic E-state index is 0.567. The average Bonchev–Trinajstić information content (AvgIpc) is 2.96. The Kier molecular flexibility index (Phi) is 4.79. The number of rotatable bonds is 6. The van der Waals surface area contributed by atoms with Crippen LogP contribution in [0.3, 0.4) is 0 Å². The second kappa shape index (κ2) is 7.54. The minimum Gasteiger partial charge on any atom is -0.490 e. The number of hydrogen-bond acceptors (Lipinski definition) is 2. The van der Waals surface area contributed by atoms with Gasteiger partial charge in [0, 0.05) is 0 Å². The molecule has 4 aromatic rings. The zero-order valence-electron chi connectivity index (χ0n) is 15.5. The van der Waals surface area contributed by atoms with Gasteiger partial charge in [0.15, 0.2) is 0 Å². The van der Waals surface area contributed by atoms with Gasteiger partial charge in [0.2, 0.25) is 0 Å². The topological polar surface area (TPSA) is 44.1 Å². The van der Waals surface area contributed by atoms with Gasteiger partial charge >= 0.3 is 5.95 Å². The Morgan fingerprint density at radius 2 is 1.59 bits per heavy atom. The molecule has 0 aliphatic heterocycles. The molecule has 4 nitrogen and oxygen atoms in total. The number of hydrogen-bond donors (Lipinski definition) is 1. The molecular weight excluding hydrogens is 334 g/mol. The second-order valence-corrected chi connectivity index (χ2v) is 6.73. The number of aryl methyl sites for hydroxylation is 1. The maximum absolute atomic E-state index is 6.54. The highest BCUT2D eigenvalue weighted by molar-refractivity contribution is 5.73. The summed E-state index contributed by atoms with van der Waals surface area (Å²) in [5, 5.41) is 0. The molecule has 0 radical (unpaired) electrons. The van der Waals surface area contributed by atoms with E-state index in [1.165, 1.54) is 11.1 Å². The van der Waals surface area contributed by atoms with Gasteiger partial charge in [-0.15, -0.1) is 0 Å². The number of nitrogen functional groups attached to an aromatic ring is 1. The Balaban J connectivity index is 1.61. The van der Waals surface area contributed by atoms with Crippen LogP contribution in [0.15, 0.2) is 78.9 Å². The van der Waals surface area contributed by atoms with Crippen LogP contribution in [0.1, 0.15) is 11.1 Å². The lowest BCUT2D eigenvalue weighted by molar-refractivity contribution is -0.648. The molecule has 0 aliphatic rings. The van der Waals surface area contributed by atoms with Crippen molar-refractivity contribution in [3.05, 3.63) is 90.0 Å². The average molecular weight is 358 g/mol. The minimum absolute atomic E-state index is 0.567. The van der Waals surface area contributed by atoms with E-state index in [0.717, 1.165) is 29.3 Å². The third-order valence-corrected chi connectivity index (χ3v) is 4.80. The predicted octanol–water partition coefficient (Wildman–Crippen LogP) is 3.95. The van der Waals surface area contributed by atoms with Crippen molar-refractivity contribution in [2.24, 2.45) is 0 Å². The fourth-order valence-electron chi connectivity index (χ4n) is 3.36. The van der Waals surface area contributed by atoms with Crippen LogP contribution in [0, 0.1) is 6.92 Å². The molecule has 0 spiro atoms. The molecule has 0 amide bonds. The summed E-state index contributed by atoms with van der Waals surface area (Å²) in [4.78, 5) is 0. The van der Waals surface area contributed by atoms with E-state index in [4.69, 9.17) is 10.5 Å². The van der Waals surface area contributed by atoms with Gasteiger partial charge in [0.05, 0.1) is 6.54 Å². The lowest BCUT2D eigenvalue weighted by atomic mass is 10.1. The van der Waals surface area contributed by atoms with Gasteiger partial charge in [0.1, 0.15) is 29.9 Å². The van der Waals surface area contributed by atoms with E-state index in [-0.39, 0.29) is 0 Å². The number of anilines is 1. The van der Waals surface area contributed by atoms with Crippen molar-refractivity contribution in [3.8, 4) is 5.75 Å². The number of fused-ring (bicyclic) bond motifs is 1. The molecule has 4 heteroatoms. The summed E-state index contributed by atoms with van der Waals surface area (Å²) in [6, 6.07) is 26.8. The third-order valence-electron chi connectivity index (χ3n) is 4.80. The Morgan fingerprint density at radius 3 is 2.37 bits per heavy atom. The molecule has 0 aliphatic carbocycles. The van der Waals surface area contributed by atoms with E-state index in [9.17, 15) is 0 Å². The van der Waals surface area contributed by atoms with Crippen LogP contribution in [-0.4, -0.2) is 11.2 Å². The third kappa shape index (κ3) is 3.65. The summed E-state index contributed by atoms with van der Waals surface area (Å²) < 4.78 is 10.2. The predicted molar refractivity (Wildman–Crippen MR) is 109 cm³/mol. The van der Waals surface area contributed by atoms with Crippen molar-refractivity contribution >= 4 is 17.0 Å². The Hall–Kier alpha value is -3.27. The quantitative estimate of drug-likeness (QED) is 0.531. The maximum Gasteiger partial charge on any atom is 0.356 e. The summed E-state index contributed by atoms with van der Waals surface area (Å²) in [6.45, 7) is 4.11. The highest BCUT2D eigenvalue weighted by atomic mass is 16.5. The van der Waals surface area contributed by atoms with Gasteiger partial charge in [0.25, 0.3) is 0 Å². The lowest BCUT2D eigenvalue weighted by Gasteiger charge is -2.06. The fourth-order valence-corrected chi connectivity index (χ4v) is 3.36. The molecule has 0 unspecified atom stereocenters. The van der Waals surface area contributed by atoms with Crippen LogP contribution < -0.4 is 15.0 Å². The van der Waals surface area contributed by atoms with E-state index in [1.807, 2.05) is 36.4 Å². The molecule has 0 saturated heterocycles.